The number of anilines is 1. The third kappa shape index (κ3) is 3.35. The van der Waals surface area contributed by atoms with Gasteiger partial charge < -0.3 is 0 Å². The molecule has 0 fully saturated rings. The predicted octanol–water partition coefficient (Wildman–Crippen LogP) is 3.03. The van der Waals surface area contributed by atoms with E-state index in [4.69, 9.17) is 5.26 Å². The van der Waals surface area contributed by atoms with Crippen LogP contribution >= 0.6 is 11.8 Å². The number of nitrogens with one attached hydrogen (secondary N) is 1. The summed E-state index contributed by atoms with van der Waals surface area (Å²) in [5.74, 6) is 0. The molecule has 1 aromatic carbocycles. The second-order valence-corrected chi connectivity index (χ2v) is 7.83. The van der Waals surface area contributed by atoms with Crippen molar-refractivity contribution in [3.63, 3.8) is 0 Å². The number of hydrogen-bond acceptors (Lipinski definition) is 5. The molecule has 2 aromatic rings. The summed E-state index contributed by atoms with van der Waals surface area (Å²) in [6, 6.07) is 3.59. The summed E-state index contributed by atoms with van der Waals surface area (Å²) in [5, 5.41) is 14.9. The largest absolute Gasteiger partial charge is 0.279 e. The van der Waals surface area contributed by atoms with E-state index in [-0.39, 0.29) is 4.90 Å². The SMILES string of the molecule is Cc1cc(SC#N)cc(C)c1NS(=O)(=O)c1c(C)nn(C)c1C. The van der Waals surface area contributed by atoms with Gasteiger partial charge in [0.2, 0.25) is 0 Å². The molecule has 0 radical (unpaired) electrons. The second-order valence-electron chi connectivity index (χ2n) is 5.35. The fraction of sp³-hybridized carbons (Fsp3) is 0.333. The number of thioether (sulfide) groups is 1. The van der Waals surface area contributed by atoms with Crippen molar-refractivity contribution < 1.29 is 8.42 Å². The lowest BCUT2D eigenvalue weighted by molar-refractivity contribution is 0.599. The van der Waals surface area contributed by atoms with Crippen LogP contribution in [0.15, 0.2) is 21.9 Å². The fourth-order valence-corrected chi connectivity index (χ4v) is 4.75. The summed E-state index contributed by atoms with van der Waals surface area (Å²) in [5.41, 5.74) is 3.12. The number of sulfonamides is 1. The van der Waals surface area contributed by atoms with E-state index in [2.05, 4.69) is 9.82 Å². The van der Waals surface area contributed by atoms with Crippen LogP contribution in [0, 0.1) is 38.4 Å². The number of benzene rings is 1. The van der Waals surface area contributed by atoms with Gasteiger partial charge in [-0.05, 0) is 62.7 Å². The monoisotopic (exact) mass is 350 g/mol. The highest BCUT2D eigenvalue weighted by Crippen LogP contribution is 2.30. The zero-order chi connectivity index (χ0) is 17.4. The van der Waals surface area contributed by atoms with E-state index in [1.54, 1.807) is 37.7 Å². The number of rotatable bonds is 4. The molecule has 8 heteroatoms. The van der Waals surface area contributed by atoms with Crippen LogP contribution < -0.4 is 4.72 Å². The van der Waals surface area contributed by atoms with E-state index in [0.717, 1.165) is 27.8 Å². The van der Waals surface area contributed by atoms with Crippen LogP contribution in [0.2, 0.25) is 0 Å². The lowest BCUT2D eigenvalue weighted by Gasteiger charge is -2.14. The van der Waals surface area contributed by atoms with Gasteiger partial charge in [-0.1, -0.05) is 0 Å². The van der Waals surface area contributed by atoms with Gasteiger partial charge in [-0.3, -0.25) is 9.40 Å². The number of aromatic nitrogens is 2. The molecule has 122 valence electrons. The highest BCUT2D eigenvalue weighted by molar-refractivity contribution is 8.03. The van der Waals surface area contributed by atoms with Crippen LogP contribution in [-0.4, -0.2) is 18.2 Å². The zero-order valence-corrected chi connectivity index (χ0v) is 15.3. The van der Waals surface area contributed by atoms with Crippen molar-refractivity contribution in [3.8, 4) is 5.40 Å². The minimum atomic E-state index is -3.73. The lowest BCUT2D eigenvalue weighted by atomic mass is 10.1. The lowest BCUT2D eigenvalue weighted by Crippen LogP contribution is -2.16. The van der Waals surface area contributed by atoms with Gasteiger partial charge in [0.05, 0.1) is 17.1 Å². The zero-order valence-electron chi connectivity index (χ0n) is 13.6. The van der Waals surface area contributed by atoms with Gasteiger partial charge in [0.25, 0.3) is 10.0 Å². The minimum Gasteiger partial charge on any atom is -0.279 e. The normalized spacial score (nSPS) is 11.3. The van der Waals surface area contributed by atoms with Crippen molar-refractivity contribution >= 4 is 27.5 Å². The van der Waals surface area contributed by atoms with Crippen molar-refractivity contribution in [2.75, 3.05) is 4.72 Å². The molecule has 0 aliphatic heterocycles. The summed E-state index contributed by atoms with van der Waals surface area (Å²) in [7, 11) is -2.02. The Kier molecular flexibility index (Phi) is 4.73. The predicted molar refractivity (Wildman–Crippen MR) is 90.9 cm³/mol. The Morgan fingerprint density at radius 3 is 2.22 bits per heavy atom. The average Bonchev–Trinajstić information content (AvgIpc) is 2.68. The van der Waals surface area contributed by atoms with Gasteiger partial charge in [-0.2, -0.15) is 10.4 Å². The molecule has 1 N–H and O–H groups in total. The van der Waals surface area contributed by atoms with Crippen molar-refractivity contribution in [1.29, 1.82) is 5.26 Å². The fourth-order valence-electron chi connectivity index (χ4n) is 2.52. The first-order valence-electron chi connectivity index (χ1n) is 6.87. The first kappa shape index (κ1) is 17.4. The highest BCUT2D eigenvalue weighted by atomic mass is 32.2. The van der Waals surface area contributed by atoms with Gasteiger partial charge in [-0.25, -0.2) is 8.42 Å². The Balaban J connectivity index is 2.48. The van der Waals surface area contributed by atoms with Crippen LogP contribution in [0.25, 0.3) is 0 Å². The molecule has 23 heavy (non-hydrogen) atoms. The van der Waals surface area contributed by atoms with Crippen LogP contribution in [0.3, 0.4) is 0 Å². The molecule has 0 aliphatic rings. The Morgan fingerprint density at radius 2 is 1.78 bits per heavy atom. The number of thiocyanates is 1. The van der Waals surface area contributed by atoms with Gasteiger partial charge >= 0.3 is 0 Å². The van der Waals surface area contributed by atoms with Crippen LogP contribution in [0.1, 0.15) is 22.5 Å². The van der Waals surface area contributed by atoms with E-state index < -0.39 is 10.0 Å². The van der Waals surface area contributed by atoms with E-state index in [1.165, 1.54) is 0 Å². The van der Waals surface area contributed by atoms with E-state index in [9.17, 15) is 8.42 Å². The van der Waals surface area contributed by atoms with Crippen molar-refractivity contribution in [2.24, 2.45) is 7.05 Å². The molecule has 0 unspecified atom stereocenters. The molecule has 0 bridgehead atoms. The van der Waals surface area contributed by atoms with E-state index in [0.29, 0.717) is 17.1 Å². The molecule has 6 nitrogen and oxygen atoms in total. The molecule has 0 aliphatic carbocycles. The van der Waals surface area contributed by atoms with Crippen LogP contribution in [0.5, 0.6) is 0 Å². The first-order chi connectivity index (χ1) is 10.7. The van der Waals surface area contributed by atoms with E-state index >= 15 is 0 Å². The van der Waals surface area contributed by atoms with Crippen molar-refractivity contribution in [1.82, 2.24) is 9.78 Å². The number of nitrogens with zero attached hydrogens (tertiary/aromatic N) is 3. The maximum atomic E-state index is 12.7. The third-order valence-electron chi connectivity index (χ3n) is 3.62. The standard InChI is InChI=1S/C15H18N4O2S2/c1-9-6-13(22-8-16)7-10(2)14(9)18-23(20,21)15-11(3)17-19(5)12(15)4/h6-7,18H,1-5H3. The van der Waals surface area contributed by atoms with Gasteiger partial charge in [0.15, 0.2) is 0 Å². The molecule has 1 aromatic heterocycles. The first-order valence-corrected chi connectivity index (χ1v) is 9.17. The summed E-state index contributed by atoms with van der Waals surface area (Å²) < 4.78 is 29.7. The molecular formula is C15H18N4O2S2. The molecule has 0 amide bonds. The molecule has 1 heterocycles. The Bertz CT molecular complexity index is 885. The molecule has 0 atom stereocenters. The summed E-state index contributed by atoms with van der Waals surface area (Å²) in [6.45, 7) is 7.03. The van der Waals surface area contributed by atoms with Gasteiger partial charge in [-0.15, -0.1) is 0 Å². The highest BCUT2D eigenvalue weighted by Gasteiger charge is 2.25. The molecule has 0 spiro atoms. The number of nitriles is 1. The van der Waals surface area contributed by atoms with Crippen molar-refractivity contribution in [2.45, 2.75) is 37.5 Å². The second kappa shape index (κ2) is 6.26. The topological polar surface area (TPSA) is 87.8 Å². The van der Waals surface area contributed by atoms with E-state index in [1.807, 2.05) is 19.2 Å². The maximum absolute atomic E-state index is 12.7. The Morgan fingerprint density at radius 1 is 1.22 bits per heavy atom. The van der Waals surface area contributed by atoms with Gasteiger partial charge in [0, 0.05) is 11.9 Å². The number of aryl methyl sites for hydroxylation is 4. The molecule has 2 rings (SSSR count). The summed E-state index contributed by atoms with van der Waals surface area (Å²) >= 11 is 1.05. The average molecular weight is 350 g/mol. The molecule has 0 saturated heterocycles. The van der Waals surface area contributed by atoms with Crippen LogP contribution in [0.4, 0.5) is 5.69 Å². The minimum absolute atomic E-state index is 0.203. The van der Waals surface area contributed by atoms with Crippen molar-refractivity contribution in [3.05, 3.63) is 34.6 Å². The van der Waals surface area contributed by atoms with Gasteiger partial charge in [0.1, 0.15) is 10.3 Å². The quantitative estimate of drug-likeness (QED) is 0.676. The van der Waals surface area contributed by atoms with Crippen LogP contribution in [-0.2, 0) is 17.1 Å². The summed E-state index contributed by atoms with van der Waals surface area (Å²) in [6.07, 6.45) is 0. The summed E-state index contributed by atoms with van der Waals surface area (Å²) in [4.78, 5) is 0.994. The number of hydrogen-bond donors (Lipinski definition) is 1. The smallest absolute Gasteiger partial charge is 0.265 e. The molecule has 0 saturated carbocycles. The Hall–Kier alpha value is -1.98. The maximum Gasteiger partial charge on any atom is 0.265 e. The molecular weight excluding hydrogens is 332 g/mol. The third-order valence-corrected chi connectivity index (χ3v) is 5.78. The Labute approximate surface area is 140 Å².